The molecule has 2 heterocycles. The molecular weight excluding hydrogens is 264 g/mol. The van der Waals surface area contributed by atoms with Gasteiger partial charge in [0.05, 0.1) is 6.20 Å². The Morgan fingerprint density at radius 2 is 2.16 bits per heavy atom. The minimum atomic E-state index is -3.40. The highest BCUT2D eigenvalue weighted by molar-refractivity contribution is 7.89. The summed E-state index contributed by atoms with van der Waals surface area (Å²) in [5.74, 6) is 0.453. The monoisotopic (exact) mass is 286 g/mol. The molecular formula is C12H22N4O2S. The minimum Gasteiger partial charge on any atom is -0.317 e. The van der Waals surface area contributed by atoms with Crippen LogP contribution in [0.4, 0.5) is 0 Å². The Morgan fingerprint density at radius 3 is 2.74 bits per heavy atom. The second-order valence-electron chi connectivity index (χ2n) is 4.99. The molecule has 2 N–H and O–H groups in total. The van der Waals surface area contributed by atoms with Gasteiger partial charge in [0.15, 0.2) is 0 Å². The Kier molecular flexibility index (Phi) is 4.95. The third kappa shape index (κ3) is 3.55. The number of rotatable bonds is 6. The summed E-state index contributed by atoms with van der Waals surface area (Å²) in [5.41, 5.74) is 0. The maximum absolute atomic E-state index is 12.5. The first-order valence-electron chi connectivity index (χ1n) is 6.84. The van der Waals surface area contributed by atoms with Gasteiger partial charge in [-0.3, -0.25) is 5.10 Å². The number of hydrogen-bond donors (Lipinski definition) is 2. The molecule has 6 nitrogen and oxygen atoms in total. The maximum Gasteiger partial charge on any atom is 0.246 e. The highest BCUT2D eigenvalue weighted by Crippen LogP contribution is 2.20. The van der Waals surface area contributed by atoms with Crippen LogP contribution in [0.25, 0.3) is 0 Å². The number of aromatic amines is 1. The Bertz CT molecular complexity index is 466. The lowest BCUT2D eigenvalue weighted by molar-refractivity contribution is 0.288. The summed E-state index contributed by atoms with van der Waals surface area (Å²) in [7, 11) is -3.40. The molecule has 0 spiro atoms. The molecule has 0 radical (unpaired) electrons. The Balaban J connectivity index is 2.10. The maximum atomic E-state index is 12.5. The Labute approximate surface area is 114 Å². The van der Waals surface area contributed by atoms with Crippen LogP contribution in [0.5, 0.6) is 0 Å². The number of H-pyrrole nitrogens is 1. The predicted octanol–water partition coefficient (Wildman–Crippen LogP) is 0.810. The molecule has 1 fully saturated rings. The second kappa shape index (κ2) is 6.49. The molecule has 7 heteroatoms. The van der Waals surface area contributed by atoms with E-state index in [1.165, 1.54) is 12.4 Å². The second-order valence-corrected chi connectivity index (χ2v) is 6.93. The summed E-state index contributed by atoms with van der Waals surface area (Å²) in [6, 6.07) is 0. The lowest BCUT2D eigenvalue weighted by Crippen LogP contribution is -2.39. The summed E-state index contributed by atoms with van der Waals surface area (Å²) < 4.78 is 26.6. The van der Waals surface area contributed by atoms with Gasteiger partial charge in [0.25, 0.3) is 0 Å². The summed E-state index contributed by atoms with van der Waals surface area (Å²) >= 11 is 0. The zero-order valence-corrected chi connectivity index (χ0v) is 12.1. The van der Waals surface area contributed by atoms with E-state index in [-0.39, 0.29) is 4.90 Å². The lowest BCUT2D eigenvalue weighted by atomic mass is 9.98. The SMILES string of the molecule is CCCN(CC1CCNCC1)S(=O)(=O)c1cn[nH]c1. The third-order valence-corrected chi connectivity index (χ3v) is 5.33. The van der Waals surface area contributed by atoms with Gasteiger partial charge in [-0.25, -0.2) is 8.42 Å². The van der Waals surface area contributed by atoms with Crippen LogP contribution < -0.4 is 5.32 Å². The van der Waals surface area contributed by atoms with Gasteiger partial charge in [0.1, 0.15) is 4.90 Å². The van der Waals surface area contributed by atoms with Crippen molar-refractivity contribution >= 4 is 10.0 Å². The smallest absolute Gasteiger partial charge is 0.246 e. The van der Waals surface area contributed by atoms with Crippen LogP contribution >= 0.6 is 0 Å². The van der Waals surface area contributed by atoms with E-state index in [0.29, 0.717) is 19.0 Å². The predicted molar refractivity (Wildman–Crippen MR) is 73.2 cm³/mol. The minimum absolute atomic E-state index is 0.259. The molecule has 0 aliphatic carbocycles. The van der Waals surface area contributed by atoms with Crippen LogP contribution in [-0.4, -0.2) is 49.1 Å². The molecule has 0 unspecified atom stereocenters. The molecule has 0 amide bonds. The van der Waals surface area contributed by atoms with Gasteiger partial charge >= 0.3 is 0 Å². The molecule has 0 aromatic carbocycles. The van der Waals surface area contributed by atoms with Crippen molar-refractivity contribution in [3.8, 4) is 0 Å². The standard InChI is InChI=1S/C12H22N4O2S/c1-2-7-16(10-11-3-5-13-6-4-11)19(17,18)12-8-14-15-9-12/h8-9,11,13H,2-7,10H2,1H3,(H,14,15). The molecule has 0 atom stereocenters. The van der Waals surface area contributed by atoms with E-state index in [4.69, 9.17) is 0 Å². The average Bonchev–Trinajstić information content (AvgIpc) is 2.94. The summed E-state index contributed by atoms with van der Waals surface area (Å²) in [6.45, 7) is 5.15. The molecule has 0 saturated carbocycles. The van der Waals surface area contributed by atoms with Crippen LogP contribution in [0.2, 0.25) is 0 Å². The van der Waals surface area contributed by atoms with Gasteiger partial charge in [-0.15, -0.1) is 0 Å². The van der Waals surface area contributed by atoms with Crippen molar-refractivity contribution in [1.29, 1.82) is 0 Å². The summed E-state index contributed by atoms with van der Waals surface area (Å²) in [5, 5.41) is 9.61. The van der Waals surface area contributed by atoms with Crippen LogP contribution in [0.15, 0.2) is 17.3 Å². The van der Waals surface area contributed by atoms with E-state index in [2.05, 4.69) is 15.5 Å². The van der Waals surface area contributed by atoms with Gasteiger partial charge in [0.2, 0.25) is 10.0 Å². The zero-order valence-electron chi connectivity index (χ0n) is 11.3. The third-order valence-electron chi connectivity index (χ3n) is 3.50. The van der Waals surface area contributed by atoms with Gasteiger partial charge < -0.3 is 5.32 Å². The molecule has 1 aromatic rings. The van der Waals surface area contributed by atoms with Crippen molar-refractivity contribution in [2.75, 3.05) is 26.2 Å². The topological polar surface area (TPSA) is 78.1 Å². The van der Waals surface area contributed by atoms with E-state index in [1.54, 1.807) is 4.31 Å². The quantitative estimate of drug-likeness (QED) is 0.811. The molecule has 1 aliphatic rings. The largest absolute Gasteiger partial charge is 0.317 e. The molecule has 1 saturated heterocycles. The van der Waals surface area contributed by atoms with Crippen molar-refractivity contribution < 1.29 is 8.42 Å². The van der Waals surface area contributed by atoms with Crippen LogP contribution in [-0.2, 0) is 10.0 Å². The molecule has 19 heavy (non-hydrogen) atoms. The van der Waals surface area contributed by atoms with E-state index >= 15 is 0 Å². The van der Waals surface area contributed by atoms with Crippen molar-refractivity contribution in [2.45, 2.75) is 31.1 Å². The fourth-order valence-corrected chi connectivity index (χ4v) is 3.96. The van der Waals surface area contributed by atoms with Gasteiger partial charge in [-0.05, 0) is 38.3 Å². The van der Waals surface area contributed by atoms with Crippen LogP contribution in [0, 0.1) is 5.92 Å². The lowest BCUT2D eigenvalue weighted by Gasteiger charge is -2.29. The van der Waals surface area contributed by atoms with Crippen molar-refractivity contribution in [3.63, 3.8) is 0 Å². The number of hydrogen-bond acceptors (Lipinski definition) is 4. The number of nitrogens with one attached hydrogen (secondary N) is 2. The number of sulfonamides is 1. The Hall–Kier alpha value is -0.920. The number of aromatic nitrogens is 2. The van der Waals surface area contributed by atoms with Gasteiger partial charge in [-0.1, -0.05) is 6.92 Å². The fourth-order valence-electron chi connectivity index (χ4n) is 2.44. The number of nitrogens with zero attached hydrogens (tertiary/aromatic N) is 2. The van der Waals surface area contributed by atoms with Crippen molar-refractivity contribution in [1.82, 2.24) is 19.8 Å². The van der Waals surface area contributed by atoms with Gasteiger partial charge in [-0.2, -0.15) is 9.40 Å². The van der Waals surface area contributed by atoms with Crippen LogP contribution in [0.3, 0.4) is 0 Å². The van der Waals surface area contributed by atoms with E-state index in [1.807, 2.05) is 6.92 Å². The van der Waals surface area contributed by atoms with Crippen LogP contribution in [0.1, 0.15) is 26.2 Å². The average molecular weight is 286 g/mol. The van der Waals surface area contributed by atoms with Crippen molar-refractivity contribution in [3.05, 3.63) is 12.4 Å². The fraction of sp³-hybridized carbons (Fsp3) is 0.750. The molecule has 1 aliphatic heterocycles. The first-order valence-corrected chi connectivity index (χ1v) is 8.28. The summed E-state index contributed by atoms with van der Waals surface area (Å²) in [4.78, 5) is 0.259. The summed E-state index contributed by atoms with van der Waals surface area (Å²) in [6.07, 6.45) is 5.73. The van der Waals surface area contributed by atoms with E-state index in [0.717, 1.165) is 32.4 Å². The van der Waals surface area contributed by atoms with E-state index in [9.17, 15) is 8.42 Å². The molecule has 0 bridgehead atoms. The van der Waals surface area contributed by atoms with E-state index < -0.39 is 10.0 Å². The zero-order chi connectivity index (χ0) is 13.7. The number of piperidine rings is 1. The first kappa shape index (κ1) is 14.5. The molecule has 1 aromatic heterocycles. The highest BCUT2D eigenvalue weighted by Gasteiger charge is 2.27. The Morgan fingerprint density at radius 1 is 1.42 bits per heavy atom. The highest BCUT2D eigenvalue weighted by atomic mass is 32.2. The van der Waals surface area contributed by atoms with Crippen molar-refractivity contribution in [2.24, 2.45) is 5.92 Å². The first-order chi connectivity index (χ1) is 9.14. The van der Waals surface area contributed by atoms with Gasteiger partial charge in [0, 0.05) is 19.3 Å². The molecule has 108 valence electrons. The normalized spacial score (nSPS) is 18.0. The molecule has 2 rings (SSSR count).